The Morgan fingerprint density at radius 1 is 1.10 bits per heavy atom. The van der Waals surface area contributed by atoms with Gasteiger partial charge in [-0.1, -0.05) is 18.2 Å². The Morgan fingerprint density at radius 2 is 1.90 bits per heavy atom. The standard InChI is InChI=1S/C16H15BrN4/c1-18-16(14-8-7-12(17)11-19-14)15-9-10-20-21(15)13-5-3-2-4-6-13/h2-11,16,18H,1H3. The maximum atomic E-state index is 4.49. The molecule has 1 N–H and O–H groups in total. The maximum Gasteiger partial charge on any atom is 0.0924 e. The first-order valence-corrected chi connectivity index (χ1v) is 7.47. The smallest absolute Gasteiger partial charge is 0.0924 e. The third kappa shape index (κ3) is 2.89. The van der Waals surface area contributed by atoms with Crippen molar-refractivity contribution < 1.29 is 0 Å². The Labute approximate surface area is 132 Å². The van der Waals surface area contributed by atoms with Gasteiger partial charge in [-0.25, -0.2) is 4.68 Å². The highest BCUT2D eigenvalue weighted by Gasteiger charge is 2.18. The van der Waals surface area contributed by atoms with Gasteiger partial charge >= 0.3 is 0 Å². The van der Waals surface area contributed by atoms with Gasteiger partial charge in [0.15, 0.2) is 0 Å². The van der Waals surface area contributed by atoms with Gasteiger partial charge in [-0.2, -0.15) is 5.10 Å². The van der Waals surface area contributed by atoms with E-state index >= 15 is 0 Å². The molecule has 0 saturated heterocycles. The van der Waals surface area contributed by atoms with Gasteiger partial charge in [0.25, 0.3) is 0 Å². The number of para-hydroxylation sites is 1. The van der Waals surface area contributed by atoms with E-state index in [4.69, 9.17) is 0 Å². The van der Waals surface area contributed by atoms with Crippen LogP contribution in [0.4, 0.5) is 0 Å². The van der Waals surface area contributed by atoms with Crippen LogP contribution in [0, 0.1) is 0 Å². The Kier molecular flexibility index (Phi) is 4.13. The summed E-state index contributed by atoms with van der Waals surface area (Å²) < 4.78 is 2.91. The second-order valence-electron chi connectivity index (χ2n) is 4.63. The van der Waals surface area contributed by atoms with E-state index in [1.165, 1.54) is 0 Å². The molecule has 106 valence electrons. The molecule has 0 aliphatic carbocycles. The second-order valence-corrected chi connectivity index (χ2v) is 5.54. The predicted octanol–water partition coefficient (Wildman–Crippen LogP) is 3.34. The number of hydrogen-bond acceptors (Lipinski definition) is 3. The zero-order valence-electron chi connectivity index (χ0n) is 11.6. The molecule has 21 heavy (non-hydrogen) atoms. The van der Waals surface area contributed by atoms with Gasteiger partial charge < -0.3 is 5.32 Å². The molecule has 3 rings (SSSR count). The van der Waals surface area contributed by atoms with Gasteiger partial charge in [0, 0.05) is 16.9 Å². The van der Waals surface area contributed by atoms with Gasteiger partial charge in [-0.05, 0) is 53.3 Å². The zero-order valence-corrected chi connectivity index (χ0v) is 13.2. The molecule has 2 aromatic heterocycles. The van der Waals surface area contributed by atoms with Crippen LogP contribution in [0.3, 0.4) is 0 Å². The lowest BCUT2D eigenvalue weighted by molar-refractivity contribution is 0.622. The summed E-state index contributed by atoms with van der Waals surface area (Å²) in [7, 11) is 1.93. The third-order valence-corrected chi connectivity index (χ3v) is 3.77. The summed E-state index contributed by atoms with van der Waals surface area (Å²) in [6, 6.07) is 16.1. The summed E-state index contributed by atoms with van der Waals surface area (Å²) in [4.78, 5) is 4.49. The lowest BCUT2D eigenvalue weighted by Crippen LogP contribution is -2.22. The molecule has 0 radical (unpaired) electrons. The fourth-order valence-corrected chi connectivity index (χ4v) is 2.56. The van der Waals surface area contributed by atoms with E-state index in [1.54, 1.807) is 0 Å². The monoisotopic (exact) mass is 342 g/mol. The highest BCUT2D eigenvalue weighted by atomic mass is 79.9. The molecular formula is C16H15BrN4. The van der Waals surface area contributed by atoms with Crippen molar-refractivity contribution in [3.8, 4) is 5.69 Å². The number of pyridine rings is 1. The van der Waals surface area contributed by atoms with Crippen molar-refractivity contribution in [2.24, 2.45) is 0 Å². The van der Waals surface area contributed by atoms with Crippen molar-refractivity contribution in [1.29, 1.82) is 0 Å². The van der Waals surface area contributed by atoms with Gasteiger partial charge in [0.1, 0.15) is 0 Å². The minimum atomic E-state index is -0.0131. The van der Waals surface area contributed by atoms with Gasteiger partial charge in [0.05, 0.1) is 23.1 Å². The molecule has 3 aromatic rings. The Hall–Kier alpha value is -1.98. The average molecular weight is 343 g/mol. The lowest BCUT2D eigenvalue weighted by Gasteiger charge is -2.17. The van der Waals surface area contributed by atoms with Gasteiger partial charge in [-0.3, -0.25) is 4.98 Å². The van der Waals surface area contributed by atoms with Crippen LogP contribution >= 0.6 is 15.9 Å². The van der Waals surface area contributed by atoms with Crippen LogP contribution in [-0.2, 0) is 0 Å². The van der Waals surface area contributed by atoms with Crippen molar-refractivity contribution in [2.75, 3.05) is 7.05 Å². The molecule has 5 heteroatoms. The number of halogens is 1. The molecule has 0 aliphatic rings. The summed E-state index contributed by atoms with van der Waals surface area (Å²) in [5.41, 5.74) is 3.05. The third-order valence-electron chi connectivity index (χ3n) is 3.30. The predicted molar refractivity (Wildman–Crippen MR) is 86.4 cm³/mol. The normalized spacial score (nSPS) is 12.3. The summed E-state index contributed by atoms with van der Waals surface area (Å²) in [6.07, 6.45) is 3.62. The van der Waals surface area contributed by atoms with Gasteiger partial charge in [0.2, 0.25) is 0 Å². The summed E-state index contributed by atoms with van der Waals surface area (Å²) in [6.45, 7) is 0. The first-order chi connectivity index (χ1) is 10.3. The van der Waals surface area contributed by atoms with Crippen molar-refractivity contribution in [2.45, 2.75) is 6.04 Å². The number of nitrogens with zero attached hydrogens (tertiary/aromatic N) is 3. The van der Waals surface area contributed by atoms with Gasteiger partial charge in [-0.15, -0.1) is 0 Å². The summed E-state index contributed by atoms with van der Waals surface area (Å²) in [5, 5.41) is 7.75. The van der Waals surface area contributed by atoms with Crippen molar-refractivity contribution >= 4 is 15.9 Å². The molecule has 0 bridgehead atoms. The molecule has 1 atom stereocenters. The number of rotatable bonds is 4. The maximum absolute atomic E-state index is 4.49. The molecule has 0 aliphatic heterocycles. The molecule has 0 amide bonds. The van der Waals surface area contributed by atoms with E-state index in [2.05, 4.69) is 31.3 Å². The fraction of sp³-hybridized carbons (Fsp3) is 0.125. The number of nitrogens with one attached hydrogen (secondary N) is 1. The minimum Gasteiger partial charge on any atom is -0.307 e. The highest BCUT2D eigenvalue weighted by Crippen LogP contribution is 2.23. The number of aromatic nitrogens is 3. The van der Waals surface area contributed by atoms with Crippen LogP contribution in [0.15, 0.2) is 65.4 Å². The van der Waals surface area contributed by atoms with E-state index in [0.717, 1.165) is 21.5 Å². The number of benzene rings is 1. The first-order valence-electron chi connectivity index (χ1n) is 6.67. The van der Waals surface area contributed by atoms with Crippen LogP contribution in [0.2, 0.25) is 0 Å². The van der Waals surface area contributed by atoms with Crippen molar-refractivity contribution in [1.82, 2.24) is 20.1 Å². The quantitative estimate of drug-likeness (QED) is 0.790. The van der Waals surface area contributed by atoms with Crippen LogP contribution in [-0.4, -0.2) is 21.8 Å². The molecule has 2 heterocycles. The lowest BCUT2D eigenvalue weighted by atomic mass is 10.1. The van der Waals surface area contributed by atoms with Crippen LogP contribution in [0.1, 0.15) is 17.4 Å². The Bertz CT molecular complexity index is 707. The number of hydrogen-bond donors (Lipinski definition) is 1. The van der Waals surface area contributed by atoms with Crippen LogP contribution in [0.5, 0.6) is 0 Å². The molecule has 1 aromatic carbocycles. The Balaban J connectivity index is 2.03. The second kappa shape index (κ2) is 6.20. The summed E-state index contributed by atoms with van der Waals surface area (Å²) in [5.74, 6) is 0. The first kappa shape index (κ1) is 14.0. The van der Waals surface area contributed by atoms with Crippen LogP contribution < -0.4 is 5.32 Å². The van der Waals surface area contributed by atoms with E-state index in [-0.39, 0.29) is 6.04 Å². The van der Waals surface area contributed by atoms with Crippen molar-refractivity contribution in [3.63, 3.8) is 0 Å². The molecule has 0 spiro atoms. The Morgan fingerprint density at radius 3 is 2.57 bits per heavy atom. The summed E-state index contributed by atoms with van der Waals surface area (Å²) >= 11 is 3.42. The average Bonchev–Trinajstić information content (AvgIpc) is 3.00. The molecular weight excluding hydrogens is 328 g/mol. The minimum absolute atomic E-state index is 0.0131. The van der Waals surface area contributed by atoms with E-state index in [1.807, 2.05) is 72.7 Å². The molecule has 0 saturated carbocycles. The highest BCUT2D eigenvalue weighted by molar-refractivity contribution is 9.10. The van der Waals surface area contributed by atoms with E-state index in [9.17, 15) is 0 Å². The zero-order chi connectivity index (χ0) is 14.7. The topological polar surface area (TPSA) is 42.7 Å². The van der Waals surface area contributed by atoms with E-state index in [0.29, 0.717) is 0 Å². The molecule has 0 fully saturated rings. The SMILES string of the molecule is CNC(c1ccc(Br)cn1)c1ccnn1-c1ccccc1. The fourth-order valence-electron chi connectivity index (χ4n) is 2.32. The molecule has 4 nitrogen and oxygen atoms in total. The van der Waals surface area contributed by atoms with E-state index < -0.39 is 0 Å². The largest absolute Gasteiger partial charge is 0.307 e. The van der Waals surface area contributed by atoms with Crippen molar-refractivity contribution in [3.05, 3.63) is 76.8 Å². The van der Waals surface area contributed by atoms with Crippen LogP contribution in [0.25, 0.3) is 5.69 Å². The molecule has 1 unspecified atom stereocenters.